The zero-order chi connectivity index (χ0) is 14.5. The number of benzene rings is 1. The molecule has 3 heteroatoms. The molecule has 0 saturated carbocycles. The van der Waals surface area contributed by atoms with Crippen LogP contribution in [0.5, 0.6) is 0 Å². The maximum Gasteiger partial charge on any atom is 0.293 e. The monoisotopic (exact) mass is 269 g/mol. The molecule has 1 aromatic heterocycles. The van der Waals surface area contributed by atoms with Crippen LogP contribution in [0.2, 0.25) is 0 Å². The van der Waals surface area contributed by atoms with E-state index < -0.39 is 0 Å². The van der Waals surface area contributed by atoms with E-state index in [-0.39, 0.29) is 11.9 Å². The van der Waals surface area contributed by atoms with Crippen LogP contribution in [-0.2, 0) is 4.79 Å². The average molecular weight is 269 g/mol. The lowest BCUT2D eigenvalue weighted by Gasteiger charge is -2.14. The second kappa shape index (κ2) is 6.33. The molecule has 0 radical (unpaired) electrons. The SMILES string of the molecule is CC[C@H](C(=O)Nc1c(C)cccc1C)[n+]1ccccc1. The van der Waals surface area contributed by atoms with Gasteiger partial charge in [-0.15, -0.1) is 0 Å². The topological polar surface area (TPSA) is 33.0 Å². The number of rotatable bonds is 4. The van der Waals surface area contributed by atoms with E-state index in [1.807, 2.05) is 74.1 Å². The van der Waals surface area contributed by atoms with Crippen molar-refractivity contribution in [2.24, 2.45) is 0 Å². The van der Waals surface area contributed by atoms with Crippen molar-refractivity contribution in [3.63, 3.8) is 0 Å². The van der Waals surface area contributed by atoms with E-state index in [9.17, 15) is 4.79 Å². The summed E-state index contributed by atoms with van der Waals surface area (Å²) in [6, 6.07) is 11.7. The van der Waals surface area contributed by atoms with E-state index in [2.05, 4.69) is 5.32 Å². The van der Waals surface area contributed by atoms with Crippen LogP contribution >= 0.6 is 0 Å². The summed E-state index contributed by atoms with van der Waals surface area (Å²) < 4.78 is 1.95. The Morgan fingerprint density at radius 2 is 1.70 bits per heavy atom. The highest BCUT2D eigenvalue weighted by molar-refractivity contribution is 5.94. The second-order valence-electron chi connectivity index (χ2n) is 5.00. The first-order valence-electron chi connectivity index (χ1n) is 6.96. The average Bonchev–Trinajstić information content (AvgIpc) is 2.45. The lowest BCUT2D eigenvalue weighted by atomic mass is 10.1. The molecule has 20 heavy (non-hydrogen) atoms. The largest absolute Gasteiger partial charge is 0.320 e. The first kappa shape index (κ1) is 14.3. The first-order chi connectivity index (χ1) is 9.63. The van der Waals surface area contributed by atoms with Crippen molar-refractivity contribution in [1.82, 2.24) is 0 Å². The van der Waals surface area contributed by atoms with Crippen molar-refractivity contribution in [3.8, 4) is 0 Å². The fourth-order valence-corrected chi connectivity index (χ4v) is 2.37. The molecule has 1 N–H and O–H groups in total. The number of hydrogen-bond donors (Lipinski definition) is 1. The Balaban J connectivity index is 2.23. The van der Waals surface area contributed by atoms with E-state index in [1.165, 1.54) is 0 Å². The fourth-order valence-electron chi connectivity index (χ4n) is 2.37. The van der Waals surface area contributed by atoms with Crippen LogP contribution in [0.1, 0.15) is 30.5 Å². The summed E-state index contributed by atoms with van der Waals surface area (Å²) in [5.41, 5.74) is 3.10. The van der Waals surface area contributed by atoms with Crippen LogP contribution in [0.3, 0.4) is 0 Å². The maximum absolute atomic E-state index is 12.5. The van der Waals surface area contributed by atoms with E-state index in [0.29, 0.717) is 0 Å². The lowest BCUT2D eigenvalue weighted by molar-refractivity contribution is -0.709. The van der Waals surface area contributed by atoms with E-state index in [0.717, 1.165) is 23.2 Å². The standard InChI is InChI=1S/C17H20N2O/c1-4-15(19-11-6-5-7-12-19)17(20)18-16-13(2)9-8-10-14(16)3/h5-12,15H,4H2,1-3H3/p+1/t15-/m1/s1. The number of aryl methyl sites for hydroxylation is 2. The van der Waals surface area contributed by atoms with Crippen LogP contribution in [0.4, 0.5) is 5.69 Å². The third kappa shape index (κ3) is 3.05. The first-order valence-corrected chi connectivity index (χ1v) is 6.96. The molecule has 0 unspecified atom stereocenters. The van der Waals surface area contributed by atoms with Gasteiger partial charge in [0.2, 0.25) is 6.04 Å². The van der Waals surface area contributed by atoms with Crippen molar-refractivity contribution < 1.29 is 9.36 Å². The Hall–Kier alpha value is -2.16. The quantitative estimate of drug-likeness (QED) is 0.850. The molecule has 0 aliphatic carbocycles. The summed E-state index contributed by atoms with van der Waals surface area (Å²) in [4.78, 5) is 12.5. The smallest absolute Gasteiger partial charge is 0.293 e. The zero-order valence-electron chi connectivity index (χ0n) is 12.3. The van der Waals surface area contributed by atoms with Crippen molar-refractivity contribution in [2.75, 3.05) is 5.32 Å². The number of carbonyl (C=O) groups is 1. The van der Waals surface area contributed by atoms with Gasteiger partial charge >= 0.3 is 0 Å². The highest BCUT2D eigenvalue weighted by Crippen LogP contribution is 2.20. The predicted molar refractivity (Wildman–Crippen MR) is 80.5 cm³/mol. The van der Waals surface area contributed by atoms with Crippen molar-refractivity contribution in [2.45, 2.75) is 33.2 Å². The predicted octanol–water partition coefficient (Wildman–Crippen LogP) is 3.18. The van der Waals surface area contributed by atoms with Crippen LogP contribution in [0, 0.1) is 13.8 Å². The Bertz CT molecular complexity index is 573. The molecule has 104 valence electrons. The molecule has 1 amide bonds. The lowest BCUT2D eigenvalue weighted by Crippen LogP contribution is -2.45. The van der Waals surface area contributed by atoms with Crippen LogP contribution in [0.25, 0.3) is 0 Å². The Kier molecular flexibility index (Phi) is 4.51. The van der Waals surface area contributed by atoms with Gasteiger partial charge in [-0.3, -0.25) is 4.79 Å². The van der Waals surface area contributed by atoms with Gasteiger partial charge in [-0.1, -0.05) is 31.2 Å². The van der Waals surface area contributed by atoms with Crippen LogP contribution in [0.15, 0.2) is 48.8 Å². The fraction of sp³-hybridized carbons (Fsp3) is 0.294. The third-order valence-corrected chi connectivity index (χ3v) is 3.52. The van der Waals surface area contributed by atoms with Gasteiger partial charge in [0.25, 0.3) is 5.91 Å². The molecule has 1 aromatic carbocycles. The van der Waals surface area contributed by atoms with Crippen LogP contribution in [-0.4, -0.2) is 5.91 Å². The minimum atomic E-state index is -0.185. The summed E-state index contributed by atoms with van der Waals surface area (Å²) in [6.07, 6.45) is 4.61. The van der Waals surface area contributed by atoms with E-state index >= 15 is 0 Å². The van der Waals surface area contributed by atoms with Crippen molar-refractivity contribution in [1.29, 1.82) is 0 Å². The normalized spacial score (nSPS) is 11.9. The number of nitrogens with one attached hydrogen (secondary N) is 1. The molecule has 3 nitrogen and oxygen atoms in total. The molecule has 0 aliphatic heterocycles. The Morgan fingerprint density at radius 3 is 2.25 bits per heavy atom. The molecule has 0 bridgehead atoms. The molecule has 0 spiro atoms. The number of carbonyl (C=O) groups excluding carboxylic acids is 1. The van der Waals surface area contributed by atoms with Gasteiger partial charge in [-0.25, -0.2) is 0 Å². The molecule has 0 fully saturated rings. The van der Waals surface area contributed by atoms with Gasteiger partial charge in [0.05, 0.1) is 0 Å². The summed E-state index contributed by atoms with van der Waals surface area (Å²) >= 11 is 0. The second-order valence-corrected chi connectivity index (χ2v) is 5.00. The number of pyridine rings is 1. The number of aromatic nitrogens is 1. The number of hydrogen-bond acceptors (Lipinski definition) is 1. The van der Waals surface area contributed by atoms with Crippen LogP contribution < -0.4 is 9.88 Å². The molecular weight excluding hydrogens is 248 g/mol. The molecule has 2 rings (SSSR count). The molecule has 2 aromatic rings. The van der Waals surface area contributed by atoms with Gasteiger partial charge in [0.1, 0.15) is 0 Å². The summed E-state index contributed by atoms with van der Waals surface area (Å²) in [5.74, 6) is 0.0288. The summed E-state index contributed by atoms with van der Waals surface area (Å²) in [5, 5.41) is 3.07. The third-order valence-electron chi connectivity index (χ3n) is 3.52. The number of amides is 1. The van der Waals surface area contributed by atoms with Gasteiger partial charge in [0.15, 0.2) is 12.4 Å². The number of nitrogens with zero attached hydrogens (tertiary/aromatic N) is 1. The Morgan fingerprint density at radius 1 is 1.10 bits per heavy atom. The molecule has 0 aliphatic rings. The van der Waals surface area contributed by atoms with E-state index in [1.54, 1.807) is 0 Å². The maximum atomic E-state index is 12.5. The highest BCUT2D eigenvalue weighted by atomic mass is 16.2. The minimum absolute atomic E-state index is 0.0288. The van der Waals surface area contributed by atoms with Gasteiger partial charge in [-0.05, 0) is 25.0 Å². The summed E-state index contributed by atoms with van der Waals surface area (Å²) in [7, 11) is 0. The van der Waals surface area contributed by atoms with Gasteiger partial charge in [0, 0.05) is 24.2 Å². The number of para-hydroxylation sites is 1. The minimum Gasteiger partial charge on any atom is -0.320 e. The van der Waals surface area contributed by atoms with E-state index in [4.69, 9.17) is 0 Å². The molecule has 1 atom stereocenters. The van der Waals surface area contributed by atoms with Gasteiger partial charge < -0.3 is 5.32 Å². The summed E-state index contributed by atoms with van der Waals surface area (Å²) in [6.45, 7) is 6.05. The molecule has 0 saturated heterocycles. The van der Waals surface area contributed by atoms with Crippen molar-refractivity contribution in [3.05, 3.63) is 59.9 Å². The highest BCUT2D eigenvalue weighted by Gasteiger charge is 2.25. The van der Waals surface area contributed by atoms with Gasteiger partial charge in [-0.2, -0.15) is 4.57 Å². The van der Waals surface area contributed by atoms with Crippen molar-refractivity contribution >= 4 is 11.6 Å². The Labute approximate surface area is 120 Å². The molecule has 1 heterocycles. The zero-order valence-corrected chi connectivity index (χ0v) is 12.3. The number of anilines is 1. The molecular formula is C17H21N2O+.